The Morgan fingerprint density at radius 1 is 0.939 bits per heavy atom. The molecule has 2 amide bonds. The van der Waals surface area contributed by atoms with Crippen molar-refractivity contribution in [3.05, 3.63) is 77.4 Å². The molecule has 5 nitrogen and oxygen atoms in total. The predicted molar refractivity (Wildman–Crippen MR) is 122 cm³/mol. The Morgan fingerprint density at radius 2 is 1.58 bits per heavy atom. The number of esters is 1. The van der Waals surface area contributed by atoms with Gasteiger partial charge in [-0.1, -0.05) is 54.6 Å². The summed E-state index contributed by atoms with van der Waals surface area (Å²) in [5, 5.41) is 0. The number of likely N-dealkylation sites (tertiary alicyclic amines) is 1. The molecule has 3 fully saturated rings. The van der Waals surface area contributed by atoms with Gasteiger partial charge < -0.3 is 4.74 Å². The van der Waals surface area contributed by atoms with Crippen molar-refractivity contribution in [1.29, 1.82) is 0 Å². The lowest BCUT2D eigenvalue weighted by atomic mass is 9.63. The van der Waals surface area contributed by atoms with Crippen molar-refractivity contribution in [2.24, 2.45) is 35.5 Å². The molecule has 1 saturated heterocycles. The molecule has 5 heteroatoms. The van der Waals surface area contributed by atoms with Crippen LogP contribution < -0.4 is 4.74 Å². The third-order valence-corrected chi connectivity index (χ3v) is 8.32. The maximum absolute atomic E-state index is 13.7. The number of benzene rings is 2. The lowest BCUT2D eigenvalue weighted by Gasteiger charge is -2.37. The maximum Gasteiger partial charge on any atom is 0.335 e. The molecule has 2 aromatic rings. The molecular weight excluding hydrogens is 414 g/mol. The second-order valence-electron chi connectivity index (χ2n) is 10.0. The van der Waals surface area contributed by atoms with Crippen LogP contribution in [0.2, 0.25) is 0 Å². The molecule has 168 valence electrons. The molecule has 2 saturated carbocycles. The fraction of sp³-hybridized carbons (Fsp3) is 0.393. The second kappa shape index (κ2) is 7.41. The molecule has 1 heterocycles. The molecule has 33 heavy (non-hydrogen) atoms. The lowest BCUT2D eigenvalue weighted by molar-refractivity contribution is -0.153. The van der Waals surface area contributed by atoms with Crippen molar-refractivity contribution in [3.8, 4) is 5.75 Å². The number of aryl methyl sites for hydroxylation is 1. The SMILES string of the molecule is Cc1cccc(OC(=O)[C@H](Cc2ccccc2)N2C(=O)[C@@H]3[C@H]4C=C[C@@H]([C@@H]5C[C@H]45)[C@@H]3C2=O)c1C. The Morgan fingerprint density at radius 3 is 2.21 bits per heavy atom. The minimum atomic E-state index is -0.978. The molecule has 2 aromatic carbocycles. The number of rotatable bonds is 5. The van der Waals surface area contributed by atoms with Gasteiger partial charge >= 0.3 is 5.97 Å². The Bertz CT molecular complexity index is 1150. The van der Waals surface area contributed by atoms with Crippen LogP contribution in [-0.2, 0) is 20.8 Å². The summed E-state index contributed by atoms with van der Waals surface area (Å²) in [5.41, 5.74) is 2.78. The summed E-state index contributed by atoms with van der Waals surface area (Å²) in [5.74, 6) is 0.140. The van der Waals surface area contributed by atoms with Crippen LogP contribution in [0.5, 0.6) is 5.75 Å². The summed E-state index contributed by atoms with van der Waals surface area (Å²) in [6.45, 7) is 3.86. The van der Waals surface area contributed by atoms with Gasteiger partial charge in [0.2, 0.25) is 11.8 Å². The highest BCUT2D eigenvalue weighted by atomic mass is 16.5. The number of hydrogen-bond donors (Lipinski definition) is 0. The number of amides is 2. The molecular formula is C28H27NO4. The van der Waals surface area contributed by atoms with Gasteiger partial charge in [-0.05, 0) is 66.7 Å². The standard InChI is InChI=1S/C28H27NO4/c1-15-7-6-10-23(16(15)2)33-28(32)22(13-17-8-4-3-5-9-17)29-26(30)24-18-11-12-19(21-14-20(18)21)25(24)27(29)31/h3-12,18-22,24-25H,13-14H2,1-2H3/t18-,19-,20-,21+,22-,24-,25+/m0/s1. The van der Waals surface area contributed by atoms with Crippen molar-refractivity contribution in [1.82, 2.24) is 4.90 Å². The van der Waals surface area contributed by atoms with Gasteiger partial charge in [0.25, 0.3) is 0 Å². The first-order valence-corrected chi connectivity index (χ1v) is 11.8. The molecule has 0 aromatic heterocycles. The zero-order chi connectivity index (χ0) is 22.9. The van der Waals surface area contributed by atoms with Crippen LogP contribution in [0.3, 0.4) is 0 Å². The smallest absolute Gasteiger partial charge is 0.335 e. The van der Waals surface area contributed by atoms with E-state index in [1.165, 1.54) is 4.90 Å². The molecule has 2 bridgehead atoms. The van der Waals surface area contributed by atoms with E-state index in [1.807, 2.05) is 56.3 Å². The van der Waals surface area contributed by atoms with Gasteiger partial charge in [-0.2, -0.15) is 0 Å². The van der Waals surface area contributed by atoms with Crippen LogP contribution in [0.15, 0.2) is 60.7 Å². The van der Waals surface area contributed by atoms with Gasteiger partial charge in [0, 0.05) is 6.42 Å². The van der Waals surface area contributed by atoms with E-state index in [0.717, 1.165) is 23.1 Å². The van der Waals surface area contributed by atoms with Gasteiger partial charge in [-0.25, -0.2) is 4.79 Å². The quantitative estimate of drug-likeness (QED) is 0.306. The molecule has 5 aliphatic rings. The molecule has 0 unspecified atom stereocenters. The Balaban J connectivity index is 1.34. The van der Waals surface area contributed by atoms with Crippen LogP contribution in [0.25, 0.3) is 0 Å². The van der Waals surface area contributed by atoms with Crippen molar-refractivity contribution in [2.75, 3.05) is 0 Å². The first kappa shape index (κ1) is 20.4. The third kappa shape index (κ3) is 3.09. The van der Waals surface area contributed by atoms with E-state index in [4.69, 9.17) is 4.74 Å². The van der Waals surface area contributed by atoms with Crippen LogP contribution in [0, 0.1) is 49.4 Å². The highest BCUT2D eigenvalue weighted by Gasteiger charge is 2.68. The topological polar surface area (TPSA) is 63.7 Å². The molecule has 4 aliphatic carbocycles. The Kier molecular flexibility index (Phi) is 4.58. The van der Waals surface area contributed by atoms with Crippen molar-refractivity contribution < 1.29 is 19.1 Å². The van der Waals surface area contributed by atoms with Gasteiger partial charge in [0.15, 0.2) is 0 Å². The predicted octanol–water partition coefficient (Wildman–Crippen LogP) is 3.87. The summed E-state index contributed by atoms with van der Waals surface area (Å²) in [6, 6.07) is 14.1. The highest BCUT2D eigenvalue weighted by Crippen LogP contribution is 2.65. The molecule has 0 spiro atoms. The van der Waals surface area contributed by atoms with Crippen molar-refractivity contribution in [3.63, 3.8) is 0 Å². The van der Waals surface area contributed by atoms with E-state index >= 15 is 0 Å². The van der Waals surface area contributed by atoms with Gasteiger partial charge in [0.1, 0.15) is 11.8 Å². The third-order valence-electron chi connectivity index (χ3n) is 8.32. The molecule has 0 N–H and O–H groups in total. The summed E-state index contributed by atoms with van der Waals surface area (Å²) >= 11 is 0. The summed E-state index contributed by atoms with van der Waals surface area (Å²) < 4.78 is 5.82. The average Bonchev–Trinajstić information content (AvgIpc) is 3.60. The Hall–Kier alpha value is -3.21. The highest BCUT2D eigenvalue weighted by molar-refractivity contribution is 6.09. The Labute approximate surface area is 193 Å². The van der Waals surface area contributed by atoms with E-state index in [1.54, 1.807) is 6.07 Å². The first-order chi connectivity index (χ1) is 16.0. The molecule has 1 aliphatic heterocycles. The number of hydrogen-bond acceptors (Lipinski definition) is 4. The second-order valence-corrected chi connectivity index (χ2v) is 10.0. The first-order valence-electron chi connectivity index (χ1n) is 11.8. The normalized spacial score (nSPS) is 31.9. The minimum absolute atomic E-state index is 0.124. The zero-order valence-electron chi connectivity index (χ0n) is 18.8. The van der Waals surface area contributed by atoms with E-state index < -0.39 is 12.0 Å². The summed E-state index contributed by atoms with van der Waals surface area (Å²) in [4.78, 5) is 42.1. The fourth-order valence-corrected chi connectivity index (χ4v) is 6.42. The summed E-state index contributed by atoms with van der Waals surface area (Å²) in [7, 11) is 0. The van der Waals surface area contributed by atoms with Crippen LogP contribution in [0.1, 0.15) is 23.1 Å². The van der Waals surface area contributed by atoms with Crippen LogP contribution in [-0.4, -0.2) is 28.7 Å². The molecule has 7 rings (SSSR count). The number of carbonyl (C=O) groups is 3. The minimum Gasteiger partial charge on any atom is -0.425 e. The van der Waals surface area contributed by atoms with Crippen LogP contribution in [0.4, 0.5) is 0 Å². The van der Waals surface area contributed by atoms with E-state index in [9.17, 15) is 14.4 Å². The molecule has 7 atom stereocenters. The fourth-order valence-electron chi connectivity index (χ4n) is 6.42. The summed E-state index contributed by atoms with van der Waals surface area (Å²) in [6.07, 6.45) is 5.65. The van der Waals surface area contributed by atoms with E-state index in [-0.39, 0.29) is 41.9 Å². The van der Waals surface area contributed by atoms with Crippen LogP contribution >= 0.6 is 0 Å². The average molecular weight is 442 g/mol. The van der Waals surface area contributed by atoms with E-state index in [0.29, 0.717) is 17.6 Å². The van der Waals surface area contributed by atoms with Gasteiger partial charge in [-0.3, -0.25) is 14.5 Å². The van der Waals surface area contributed by atoms with E-state index in [2.05, 4.69) is 12.2 Å². The molecule has 0 radical (unpaired) electrons. The zero-order valence-corrected chi connectivity index (χ0v) is 18.8. The van der Waals surface area contributed by atoms with Gasteiger partial charge in [-0.15, -0.1) is 0 Å². The number of allylic oxidation sites excluding steroid dienone is 2. The number of ether oxygens (including phenoxy) is 1. The van der Waals surface area contributed by atoms with Crippen molar-refractivity contribution >= 4 is 17.8 Å². The van der Waals surface area contributed by atoms with Gasteiger partial charge in [0.05, 0.1) is 11.8 Å². The maximum atomic E-state index is 13.7. The monoisotopic (exact) mass is 441 g/mol. The number of carbonyl (C=O) groups excluding carboxylic acids is 3. The van der Waals surface area contributed by atoms with Crippen molar-refractivity contribution in [2.45, 2.75) is 32.7 Å². The number of imide groups is 1. The number of nitrogens with zero attached hydrogens (tertiary/aromatic N) is 1. The lowest BCUT2D eigenvalue weighted by Crippen LogP contribution is -2.48. The largest absolute Gasteiger partial charge is 0.425 e.